The number of hydrogen-bond donors (Lipinski definition) is 2. The lowest BCUT2D eigenvalue weighted by atomic mass is 10.2. The summed E-state index contributed by atoms with van der Waals surface area (Å²) in [6, 6.07) is 2.98. The summed E-state index contributed by atoms with van der Waals surface area (Å²) in [5.74, 6) is -2.65. The molecule has 0 aliphatic carbocycles. The molecule has 1 unspecified atom stereocenters. The second-order valence-electron chi connectivity index (χ2n) is 4.15. The molecule has 0 heterocycles. The minimum atomic E-state index is -1.11. The average molecular weight is 303 g/mol. The molecule has 0 saturated carbocycles. The van der Waals surface area contributed by atoms with Crippen LogP contribution in [-0.2, 0) is 15.3 Å². The van der Waals surface area contributed by atoms with Crippen molar-refractivity contribution < 1.29 is 23.5 Å². The van der Waals surface area contributed by atoms with Gasteiger partial charge in [0.05, 0.1) is 0 Å². The lowest BCUT2D eigenvalue weighted by Crippen LogP contribution is -2.39. The summed E-state index contributed by atoms with van der Waals surface area (Å²) in [7, 11) is 0. The van der Waals surface area contributed by atoms with Crippen molar-refractivity contribution in [1.29, 1.82) is 0 Å². The van der Waals surface area contributed by atoms with Crippen LogP contribution in [0.15, 0.2) is 18.2 Å². The molecule has 110 valence electrons. The van der Waals surface area contributed by atoms with E-state index in [0.29, 0.717) is 5.75 Å². The first-order valence-corrected chi connectivity index (χ1v) is 7.08. The number of halogens is 2. The predicted molar refractivity (Wildman–Crippen MR) is 72.4 cm³/mol. The highest BCUT2D eigenvalue weighted by molar-refractivity contribution is 7.98. The van der Waals surface area contributed by atoms with Gasteiger partial charge in [-0.3, -0.25) is 4.79 Å². The molecule has 0 aromatic heterocycles. The van der Waals surface area contributed by atoms with Crippen molar-refractivity contribution in [3.63, 3.8) is 0 Å². The Kier molecular flexibility index (Phi) is 6.44. The topological polar surface area (TPSA) is 66.4 Å². The summed E-state index contributed by atoms with van der Waals surface area (Å²) >= 11 is 1.28. The Hall–Kier alpha value is -1.63. The number of rotatable bonds is 7. The molecule has 1 amide bonds. The van der Waals surface area contributed by atoms with E-state index in [1.165, 1.54) is 30.8 Å². The zero-order valence-electron chi connectivity index (χ0n) is 10.9. The molecule has 0 fully saturated rings. The minimum absolute atomic E-state index is 0.219. The summed E-state index contributed by atoms with van der Waals surface area (Å²) in [6.07, 6.45) is 0.219. The Bertz CT molecular complexity index is 497. The Morgan fingerprint density at radius 2 is 2.10 bits per heavy atom. The number of carboxylic acids is 1. The third-order valence-corrected chi connectivity index (χ3v) is 3.56. The van der Waals surface area contributed by atoms with Gasteiger partial charge in [-0.1, -0.05) is 12.1 Å². The van der Waals surface area contributed by atoms with E-state index in [2.05, 4.69) is 5.32 Å². The number of carbonyl (C=O) groups excluding carboxylic acids is 1. The number of benzene rings is 1. The molecule has 7 heteroatoms. The molecule has 20 heavy (non-hydrogen) atoms. The molecule has 0 radical (unpaired) electrons. The van der Waals surface area contributed by atoms with E-state index in [9.17, 15) is 18.4 Å². The van der Waals surface area contributed by atoms with Gasteiger partial charge in [0.25, 0.3) is 0 Å². The maximum Gasteiger partial charge on any atom is 0.326 e. The molecule has 1 aromatic carbocycles. The van der Waals surface area contributed by atoms with Gasteiger partial charge >= 0.3 is 5.97 Å². The van der Waals surface area contributed by atoms with Crippen LogP contribution in [0.25, 0.3) is 0 Å². The molecule has 1 atom stereocenters. The Balaban J connectivity index is 2.42. The third-order valence-electron chi connectivity index (χ3n) is 2.52. The van der Waals surface area contributed by atoms with E-state index in [-0.39, 0.29) is 17.7 Å². The fraction of sp³-hybridized carbons (Fsp3) is 0.385. The molecule has 2 N–H and O–H groups in total. The minimum Gasteiger partial charge on any atom is -0.480 e. The highest BCUT2D eigenvalue weighted by Gasteiger charge is 2.17. The standard InChI is InChI=1S/C13H15F2NO3S/c1-8(17)16-11(13(18)19)5-6-20-7-9-3-2-4-10(14)12(9)15/h2-4,11H,5-7H2,1H3,(H,16,17)(H,18,19). The first-order chi connectivity index (χ1) is 9.41. The summed E-state index contributed by atoms with van der Waals surface area (Å²) < 4.78 is 26.3. The SMILES string of the molecule is CC(=O)NC(CCSCc1cccc(F)c1F)C(=O)O. The number of nitrogens with one attached hydrogen (secondary N) is 1. The zero-order chi connectivity index (χ0) is 15.1. The van der Waals surface area contributed by atoms with Crippen LogP contribution in [0.4, 0.5) is 8.78 Å². The van der Waals surface area contributed by atoms with Crippen molar-refractivity contribution in [3.8, 4) is 0 Å². The molecule has 4 nitrogen and oxygen atoms in total. The highest BCUT2D eigenvalue weighted by Crippen LogP contribution is 2.18. The Morgan fingerprint density at radius 1 is 1.40 bits per heavy atom. The van der Waals surface area contributed by atoms with Crippen molar-refractivity contribution >= 4 is 23.6 Å². The smallest absolute Gasteiger partial charge is 0.326 e. The number of carboxylic acid groups (broad SMARTS) is 1. The quantitative estimate of drug-likeness (QED) is 0.758. The number of hydrogen-bond acceptors (Lipinski definition) is 3. The molecular weight excluding hydrogens is 288 g/mol. The van der Waals surface area contributed by atoms with E-state index >= 15 is 0 Å². The summed E-state index contributed by atoms with van der Waals surface area (Å²) in [6.45, 7) is 1.24. The van der Waals surface area contributed by atoms with Crippen LogP contribution >= 0.6 is 11.8 Å². The van der Waals surface area contributed by atoms with Crippen LogP contribution < -0.4 is 5.32 Å². The van der Waals surface area contributed by atoms with Crippen LogP contribution in [-0.4, -0.2) is 28.8 Å². The van der Waals surface area contributed by atoms with Crippen molar-refractivity contribution in [1.82, 2.24) is 5.32 Å². The van der Waals surface area contributed by atoms with Crippen LogP contribution in [0.3, 0.4) is 0 Å². The fourth-order valence-electron chi connectivity index (χ4n) is 1.55. The first-order valence-electron chi connectivity index (χ1n) is 5.92. The van der Waals surface area contributed by atoms with Gasteiger partial charge in [0, 0.05) is 18.2 Å². The highest BCUT2D eigenvalue weighted by atomic mass is 32.2. The van der Waals surface area contributed by atoms with Crippen molar-refractivity contribution in [2.75, 3.05) is 5.75 Å². The number of amides is 1. The lowest BCUT2D eigenvalue weighted by molar-refractivity contribution is -0.141. The monoisotopic (exact) mass is 303 g/mol. The largest absolute Gasteiger partial charge is 0.480 e. The van der Waals surface area contributed by atoms with Gasteiger partial charge in [-0.15, -0.1) is 0 Å². The normalized spacial score (nSPS) is 11.9. The van der Waals surface area contributed by atoms with Crippen molar-refractivity contribution in [2.24, 2.45) is 0 Å². The molecule has 0 aliphatic rings. The summed E-state index contributed by atoms with van der Waals surface area (Å²) in [5, 5.41) is 11.2. The predicted octanol–water partition coefficient (Wildman–Crippen LogP) is 2.18. The number of carbonyl (C=O) groups is 2. The van der Waals surface area contributed by atoms with E-state index in [1.807, 2.05) is 0 Å². The van der Waals surface area contributed by atoms with Gasteiger partial charge in [0.15, 0.2) is 11.6 Å². The fourth-order valence-corrected chi connectivity index (χ4v) is 2.54. The van der Waals surface area contributed by atoms with Crippen LogP contribution in [0.1, 0.15) is 18.9 Å². The second kappa shape index (κ2) is 7.84. The van der Waals surface area contributed by atoms with E-state index in [4.69, 9.17) is 5.11 Å². The summed E-state index contributed by atoms with van der Waals surface area (Å²) in [4.78, 5) is 21.7. The van der Waals surface area contributed by atoms with Gasteiger partial charge in [-0.05, 0) is 18.2 Å². The maximum absolute atomic E-state index is 13.3. The van der Waals surface area contributed by atoms with Crippen LogP contribution in [0.2, 0.25) is 0 Å². The van der Waals surface area contributed by atoms with Crippen LogP contribution in [0.5, 0.6) is 0 Å². The van der Waals surface area contributed by atoms with Gasteiger partial charge < -0.3 is 10.4 Å². The van der Waals surface area contributed by atoms with Gasteiger partial charge in [0.1, 0.15) is 6.04 Å². The first kappa shape index (κ1) is 16.4. The maximum atomic E-state index is 13.3. The molecule has 0 saturated heterocycles. The molecule has 0 spiro atoms. The van der Waals surface area contributed by atoms with Crippen molar-refractivity contribution in [3.05, 3.63) is 35.4 Å². The van der Waals surface area contributed by atoms with E-state index in [0.717, 1.165) is 6.07 Å². The number of aliphatic carboxylic acids is 1. The molecule has 0 aliphatic heterocycles. The summed E-state index contributed by atoms with van der Waals surface area (Å²) in [5.41, 5.74) is 0.237. The van der Waals surface area contributed by atoms with E-state index in [1.54, 1.807) is 0 Å². The van der Waals surface area contributed by atoms with Gasteiger partial charge in [0.2, 0.25) is 5.91 Å². The molecule has 1 rings (SSSR count). The average Bonchev–Trinajstić information content (AvgIpc) is 2.37. The van der Waals surface area contributed by atoms with Crippen molar-refractivity contribution in [2.45, 2.75) is 25.1 Å². The third kappa shape index (κ3) is 5.16. The van der Waals surface area contributed by atoms with Gasteiger partial charge in [-0.25, -0.2) is 13.6 Å². The van der Waals surface area contributed by atoms with E-state index < -0.39 is 29.6 Å². The Labute approximate surface area is 119 Å². The molecule has 1 aromatic rings. The van der Waals surface area contributed by atoms with Crippen LogP contribution in [0, 0.1) is 11.6 Å². The Morgan fingerprint density at radius 3 is 2.70 bits per heavy atom. The second-order valence-corrected chi connectivity index (χ2v) is 5.25. The molecule has 0 bridgehead atoms. The molecular formula is C13H15F2NO3S. The van der Waals surface area contributed by atoms with Gasteiger partial charge in [-0.2, -0.15) is 11.8 Å². The zero-order valence-corrected chi connectivity index (χ0v) is 11.7. The number of thioether (sulfide) groups is 1. The lowest BCUT2D eigenvalue weighted by Gasteiger charge is -2.12.